The van der Waals surface area contributed by atoms with Gasteiger partial charge in [0.05, 0.1) is 11.0 Å². The lowest BCUT2D eigenvalue weighted by Crippen LogP contribution is -2.22. The normalized spacial score (nSPS) is 13.1. The quantitative estimate of drug-likeness (QED) is 0.801. The minimum atomic E-state index is 0.264. The van der Waals surface area contributed by atoms with Gasteiger partial charge < -0.3 is 10.7 Å². The monoisotopic (exact) mass is 249 g/mol. The van der Waals surface area contributed by atoms with Gasteiger partial charge >= 0.3 is 0 Å². The van der Waals surface area contributed by atoms with E-state index in [4.69, 9.17) is 5.73 Å². The highest BCUT2D eigenvalue weighted by molar-refractivity contribution is 7.99. The van der Waals surface area contributed by atoms with Crippen LogP contribution >= 0.6 is 11.8 Å². The molecule has 0 fully saturated rings. The molecule has 0 saturated carbocycles. The van der Waals surface area contributed by atoms with Gasteiger partial charge in [-0.3, -0.25) is 0 Å². The van der Waals surface area contributed by atoms with Crippen LogP contribution in [0.3, 0.4) is 0 Å². The zero-order chi connectivity index (χ0) is 12.3. The fraction of sp³-hybridized carbons (Fsp3) is 0.462. The second-order valence-corrected chi connectivity index (χ2v) is 5.43. The van der Waals surface area contributed by atoms with Gasteiger partial charge in [-0.25, -0.2) is 4.98 Å². The van der Waals surface area contributed by atoms with Gasteiger partial charge in [0, 0.05) is 11.8 Å². The van der Waals surface area contributed by atoms with E-state index >= 15 is 0 Å². The largest absolute Gasteiger partial charge is 0.333 e. The third kappa shape index (κ3) is 3.23. The Bertz CT molecular complexity index is 492. The van der Waals surface area contributed by atoms with Gasteiger partial charge in [0.1, 0.15) is 0 Å². The van der Waals surface area contributed by atoms with Gasteiger partial charge in [0.2, 0.25) is 0 Å². The standard InChI is InChI=1S/C13H19N3S/c1-3-4-10(14)8-17-13-15-11-6-5-9(2)7-12(11)16-13/h5-7,10H,3-4,8,14H2,1-2H3,(H,15,16). The third-order valence-electron chi connectivity index (χ3n) is 2.71. The maximum atomic E-state index is 5.99. The van der Waals surface area contributed by atoms with E-state index in [1.807, 2.05) is 0 Å². The lowest BCUT2D eigenvalue weighted by molar-refractivity contribution is 0.660. The van der Waals surface area contributed by atoms with Crippen LogP contribution in [-0.4, -0.2) is 21.8 Å². The summed E-state index contributed by atoms with van der Waals surface area (Å²) in [5.74, 6) is 0.923. The van der Waals surface area contributed by atoms with Crippen LogP contribution in [0.5, 0.6) is 0 Å². The van der Waals surface area contributed by atoms with Crippen LogP contribution in [-0.2, 0) is 0 Å². The Labute approximate surface area is 106 Å². The summed E-state index contributed by atoms with van der Waals surface area (Å²) in [6.45, 7) is 4.25. The number of fused-ring (bicyclic) bond motifs is 1. The summed E-state index contributed by atoms with van der Waals surface area (Å²) in [6.07, 6.45) is 2.22. The molecule has 92 valence electrons. The van der Waals surface area contributed by atoms with E-state index in [0.29, 0.717) is 0 Å². The van der Waals surface area contributed by atoms with Crippen molar-refractivity contribution in [1.82, 2.24) is 9.97 Å². The predicted octanol–water partition coefficient (Wildman–Crippen LogP) is 3.09. The summed E-state index contributed by atoms with van der Waals surface area (Å²) in [5.41, 5.74) is 9.38. The van der Waals surface area contributed by atoms with Crippen LogP contribution < -0.4 is 5.73 Å². The molecule has 0 aliphatic rings. The second kappa shape index (κ2) is 5.56. The van der Waals surface area contributed by atoms with Crippen molar-refractivity contribution in [3.8, 4) is 0 Å². The summed E-state index contributed by atoms with van der Waals surface area (Å²) in [6, 6.07) is 6.52. The summed E-state index contributed by atoms with van der Waals surface area (Å²) in [5, 5.41) is 0.970. The molecule has 2 aromatic rings. The highest BCUT2D eigenvalue weighted by Gasteiger charge is 2.06. The number of benzene rings is 1. The number of rotatable bonds is 5. The topological polar surface area (TPSA) is 54.7 Å². The summed E-state index contributed by atoms with van der Waals surface area (Å²) in [7, 11) is 0. The highest BCUT2D eigenvalue weighted by Crippen LogP contribution is 2.21. The SMILES string of the molecule is CCCC(N)CSc1nc2ccc(C)cc2[nH]1. The predicted molar refractivity (Wildman–Crippen MR) is 74.4 cm³/mol. The van der Waals surface area contributed by atoms with Gasteiger partial charge in [0.25, 0.3) is 0 Å². The molecule has 0 aliphatic heterocycles. The Kier molecular flexibility index (Phi) is 4.07. The molecule has 0 amide bonds. The van der Waals surface area contributed by atoms with Crippen molar-refractivity contribution in [2.24, 2.45) is 5.73 Å². The van der Waals surface area contributed by atoms with Crippen molar-refractivity contribution in [1.29, 1.82) is 0 Å². The zero-order valence-corrected chi connectivity index (χ0v) is 11.2. The van der Waals surface area contributed by atoms with Crippen molar-refractivity contribution in [2.45, 2.75) is 37.9 Å². The van der Waals surface area contributed by atoms with Gasteiger partial charge in [-0.1, -0.05) is 31.2 Å². The molecule has 1 unspecified atom stereocenters. The molecular weight excluding hydrogens is 230 g/mol. The van der Waals surface area contributed by atoms with E-state index in [1.54, 1.807) is 11.8 Å². The van der Waals surface area contributed by atoms with Crippen molar-refractivity contribution in [3.63, 3.8) is 0 Å². The van der Waals surface area contributed by atoms with Crippen LogP contribution in [0, 0.1) is 6.92 Å². The number of aryl methyl sites for hydroxylation is 1. The molecule has 0 aliphatic carbocycles. The van der Waals surface area contributed by atoms with Gasteiger partial charge in [-0.15, -0.1) is 0 Å². The third-order valence-corrected chi connectivity index (χ3v) is 3.77. The van der Waals surface area contributed by atoms with Crippen LogP contribution in [0.15, 0.2) is 23.4 Å². The van der Waals surface area contributed by atoms with Crippen molar-refractivity contribution in [2.75, 3.05) is 5.75 Å². The number of nitrogens with two attached hydrogens (primary N) is 1. The molecule has 0 spiro atoms. The van der Waals surface area contributed by atoms with E-state index < -0.39 is 0 Å². The number of hydrogen-bond donors (Lipinski definition) is 2. The molecule has 2 rings (SSSR count). The number of thioether (sulfide) groups is 1. The van der Waals surface area contributed by atoms with Crippen LogP contribution in [0.25, 0.3) is 11.0 Å². The number of H-pyrrole nitrogens is 1. The second-order valence-electron chi connectivity index (χ2n) is 4.42. The number of nitrogens with zero attached hydrogens (tertiary/aromatic N) is 1. The van der Waals surface area contributed by atoms with Gasteiger partial charge in [-0.2, -0.15) is 0 Å². The molecule has 1 heterocycles. The summed E-state index contributed by atoms with van der Waals surface area (Å²) < 4.78 is 0. The number of nitrogens with one attached hydrogen (secondary N) is 1. The lowest BCUT2D eigenvalue weighted by Gasteiger charge is -2.07. The van der Waals surface area contributed by atoms with Crippen molar-refractivity contribution < 1.29 is 0 Å². The molecule has 1 atom stereocenters. The summed E-state index contributed by atoms with van der Waals surface area (Å²) in [4.78, 5) is 7.87. The fourth-order valence-corrected chi connectivity index (χ4v) is 2.69. The molecule has 3 nitrogen and oxygen atoms in total. The molecular formula is C13H19N3S. The minimum absolute atomic E-state index is 0.264. The Morgan fingerprint density at radius 3 is 3.06 bits per heavy atom. The molecule has 0 radical (unpaired) electrons. The van der Waals surface area contributed by atoms with E-state index in [2.05, 4.69) is 42.0 Å². The molecule has 0 saturated heterocycles. The Morgan fingerprint density at radius 1 is 1.47 bits per heavy atom. The number of aromatic nitrogens is 2. The van der Waals surface area contributed by atoms with Crippen molar-refractivity contribution >= 4 is 22.8 Å². The van der Waals surface area contributed by atoms with Crippen molar-refractivity contribution in [3.05, 3.63) is 23.8 Å². The number of imidazole rings is 1. The smallest absolute Gasteiger partial charge is 0.166 e. The zero-order valence-electron chi connectivity index (χ0n) is 10.4. The molecule has 0 bridgehead atoms. The average Bonchev–Trinajstić information content (AvgIpc) is 2.68. The van der Waals surface area contributed by atoms with E-state index in [0.717, 1.165) is 34.8 Å². The first kappa shape index (κ1) is 12.5. The molecule has 1 aromatic carbocycles. The number of aromatic amines is 1. The Hall–Kier alpha value is -1.00. The van der Waals surface area contributed by atoms with Crippen LogP contribution in [0.2, 0.25) is 0 Å². The maximum absolute atomic E-state index is 5.99. The van der Waals surface area contributed by atoms with E-state index in [-0.39, 0.29) is 6.04 Å². The molecule has 17 heavy (non-hydrogen) atoms. The van der Waals surface area contributed by atoms with Gasteiger partial charge in [-0.05, 0) is 31.0 Å². The Balaban J connectivity index is 2.04. The Morgan fingerprint density at radius 2 is 2.29 bits per heavy atom. The first-order valence-corrected chi connectivity index (χ1v) is 7.02. The molecule has 3 N–H and O–H groups in total. The minimum Gasteiger partial charge on any atom is -0.333 e. The first-order chi connectivity index (χ1) is 8.19. The van der Waals surface area contributed by atoms with E-state index in [9.17, 15) is 0 Å². The lowest BCUT2D eigenvalue weighted by atomic mass is 10.2. The van der Waals surface area contributed by atoms with E-state index in [1.165, 1.54) is 5.56 Å². The summed E-state index contributed by atoms with van der Waals surface area (Å²) >= 11 is 1.71. The highest BCUT2D eigenvalue weighted by atomic mass is 32.2. The first-order valence-electron chi connectivity index (χ1n) is 6.03. The van der Waals surface area contributed by atoms with Crippen LogP contribution in [0.4, 0.5) is 0 Å². The molecule has 4 heteroatoms. The average molecular weight is 249 g/mol. The van der Waals surface area contributed by atoms with Crippen LogP contribution in [0.1, 0.15) is 25.3 Å². The molecule has 1 aromatic heterocycles. The fourth-order valence-electron chi connectivity index (χ4n) is 1.81. The number of hydrogen-bond acceptors (Lipinski definition) is 3. The maximum Gasteiger partial charge on any atom is 0.166 e. The van der Waals surface area contributed by atoms with Gasteiger partial charge in [0.15, 0.2) is 5.16 Å².